The zero-order chi connectivity index (χ0) is 15.2. The first-order chi connectivity index (χ1) is 9.91. The van der Waals surface area contributed by atoms with Crippen LogP contribution >= 0.6 is 15.9 Å². The van der Waals surface area contributed by atoms with Crippen molar-refractivity contribution in [3.8, 4) is 0 Å². The van der Waals surface area contributed by atoms with Crippen LogP contribution in [-0.4, -0.2) is 23.6 Å². The van der Waals surface area contributed by atoms with Gasteiger partial charge in [-0.25, -0.2) is 13.7 Å². The molecule has 2 aromatic rings. The van der Waals surface area contributed by atoms with Crippen molar-refractivity contribution in [3.63, 3.8) is 0 Å². The summed E-state index contributed by atoms with van der Waals surface area (Å²) in [5.74, 6) is -1.08. The van der Waals surface area contributed by atoms with Gasteiger partial charge in [0.15, 0.2) is 5.03 Å². The van der Waals surface area contributed by atoms with Crippen LogP contribution in [0.5, 0.6) is 0 Å². The molecule has 0 saturated heterocycles. The van der Waals surface area contributed by atoms with Gasteiger partial charge in [-0.1, -0.05) is 22.0 Å². The number of fused-ring (bicyclic) bond motifs is 1. The van der Waals surface area contributed by atoms with Crippen LogP contribution in [0.3, 0.4) is 0 Å². The van der Waals surface area contributed by atoms with E-state index in [2.05, 4.69) is 20.9 Å². The van der Waals surface area contributed by atoms with Crippen molar-refractivity contribution in [1.82, 2.24) is 9.29 Å². The Labute approximate surface area is 128 Å². The normalized spacial score (nSPS) is 16.1. The maximum absolute atomic E-state index is 13.1. The summed E-state index contributed by atoms with van der Waals surface area (Å²) in [6, 6.07) is 6.77. The Morgan fingerprint density at radius 2 is 2.05 bits per heavy atom. The van der Waals surface area contributed by atoms with Crippen LogP contribution in [0.15, 0.2) is 46.0 Å². The standard InChI is InChI=1S/C13H8BrFN2O3S/c14-11-6-9(15)4-3-8(11)7-17-13(18)10-2-1-5-16-12(10)21(17,19)20/h1-6H,7H2. The highest BCUT2D eigenvalue weighted by atomic mass is 79.9. The molecule has 0 N–H and O–H groups in total. The number of rotatable bonds is 2. The number of benzene rings is 1. The van der Waals surface area contributed by atoms with Crippen LogP contribution in [0.4, 0.5) is 4.39 Å². The van der Waals surface area contributed by atoms with Crippen molar-refractivity contribution < 1.29 is 17.6 Å². The predicted molar refractivity (Wildman–Crippen MR) is 75.4 cm³/mol. The number of hydrogen-bond donors (Lipinski definition) is 0. The zero-order valence-electron chi connectivity index (χ0n) is 10.5. The highest BCUT2D eigenvalue weighted by molar-refractivity contribution is 9.10. The van der Waals surface area contributed by atoms with Crippen LogP contribution in [0.2, 0.25) is 0 Å². The average Bonchev–Trinajstić information content (AvgIpc) is 2.63. The number of aromatic nitrogens is 1. The molecule has 1 aliphatic heterocycles. The second-order valence-electron chi connectivity index (χ2n) is 4.41. The Kier molecular flexibility index (Phi) is 3.29. The van der Waals surface area contributed by atoms with Crippen LogP contribution in [-0.2, 0) is 16.6 Å². The van der Waals surface area contributed by atoms with Gasteiger partial charge in [0.25, 0.3) is 15.9 Å². The molecule has 1 amide bonds. The van der Waals surface area contributed by atoms with E-state index < -0.39 is 21.7 Å². The number of carbonyl (C=O) groups excluding carboxylic acids is 1. The van der Waals surface area contributed by atoms with E-state index in [1.807, 2.05) is 0 Å². The minimum atomic E-state index is -3.96. The molecule has 108 valence electrons. The fourth-order valence-corrected chi connectivity index (χ4v) is 4.01. The van der Waals surface area contributed by atoms with Crippen molar-refractivity contribution in [1.29, 1.82) is 0 Å². The van der Waals surface area contributed by atoms with Crippen LogP contribution < -0.4 is 0 Å². The van der Waals surface area contributed by atoms with Gasteiger partial charge >= 0.3 is 0 Å². The van der Waals surface area contributed by atoms with Gasteiger partial charge in [-0.2, -0.15) is 8.42 Å². The number of amides is 1. The molecule has 0 radical (unpaired) electrons. The molecule has 3 rings (SSSR count). The van der Waals surface area contributed by atoms with Crippen molar-refractivity contribution in [2.75, 3.05) is 0 Å². The summed E-state index contributed by atoms with van der Waals surface area (Å²) in [7, 11) is -3.96. The lowest BCUT2D eigenvalue weighted by Crippen LogP contribution is -2.29. The smallest absolute Gasteiger partial charge is 0.268 e. The number of hydrogen-bond acceptors (Lipinski definition) is 4. The number of sulfonamides is 1. The zero-order valence-corrected chi connectivity index (χ0v) is 12.9. The topological polar surface area (TPSA) is 67.3 Å². The second-order valence-corrected chi connectivity index (χ2v) is 7.04. The van der Waals surface area contributed by atoms with E-state index in [1.165, 1.54) is 36.5 Å². The fraction of sp³-hybridized carbons (Fsp3) is 0.0769. The number of carbonyl (C=O) groups is 1. The number of pyridine rings is 1. The average molecular weight is 371 g/mol. The molecule has 2 heterocycles. The highest BCUT2D eigenvalue weighted by Gasteiger charge is 2.42. The van der Waals surface area contributed by atoms with Crippen LogP contribution in [0.25, 0.3) is 0 Å². The van der Waals surface area contributed by atoms with Gasteiger partial charge in [0.2, 0.25) is 0 Å². The third kappa shape index (κ3) is 2.24. The summed E-state index contributed by atoms with van der Waals surface area (Å²) < 4.78 is 38.9. The van der Waals surface area contributed by atoms with Crippen LogP contribution in [0.1, 0.15) is 15.9 Å². The predicted octanol–water partition coefficient (Wildman–Crippen LogP) is 2.33. The van der Waals surface area contributed by atoms with E-state index in [1.54, 1.807) is 0 Å². The van der Waals surface area contributed by atoms with E-state index in [0.29, 0.717) is 10.0 Å². The lowest BCUT2D eigenvalue weighted by Gasteiger charge is -2.15. The molecule has 0 fully saturated rings. The van der Waals surface area contributed by atoms with Gasteiger partial charge in [-0.3, -0.25) is 4.79 Å². The van der Waals surface area contributed by atoms with Gasteiger partial charge < -0.3 is 0 Å². The third-order valence-corrected chi connectivity index (χ3v) is 5.52. The molecule has 5 nitrogen and oxygen atoms in total. The molecule has 21 heavy (non-hydrogen) atoms. The van der Waals surface area contributed by atoms with Gasteiger partial charge in [0.1, 0.15) is 5.82 Å². The summed E-state index contributed by atoms with van der Waals surface area (Å²) in [6.07, 6.45) is 1.32. The van der Waals surface area contributed by atoms with Crippen molar-refractivity contribution in [3.05, 3.63) is 57.9 Å². The van der Waals surface area contributed by atoms with E-state index in [-0.39, 0.29) is 17.1 Å². The number of nitrogens with zero attached hydrogens (tertiary/aromatic N) is 2. The molecule has 8 heteroatoms. The van der Waals surface area contributed by atoms with Gasteiger partial charge in [-0.05, 0) is 29.8 Å². The summed E-state index contributed by atoms with van der Waals surface area (Å²) >= 11 is 3.16. The molecule has 1 aliphatic rings. The first kappa shape index (κ1) is 14.2. The van der Waals surface area contributed by atoms with E-state index in [4.69, 9.17) is 0 Å². The largest absolute Gasteiger partial charge is 0.285 e. The molecular weight excluding hydrogens is 363 g/mol. The van der Waals surface area contributed by atoms with Gasteiger partial charge in [0, 0.05) is 10.7 Å². The minimum absolute atomic E-state index is 0.0516. The lowest BCUT2D eigenvalue weighted by molar-refractivity contribution is 0.0864. The maximum atomic E-state index is 13.1. The minimum Gasteiger partial charge on any atom is -0.268 e. The Bertz CT molecular complexity index is 854. The molecule has 0 saturated carbocycles. The Balaban J connectivity index is 2.03. The van der Waals surface area contributed by atoms with Gasteiger partial charge in [-0.15, -0.1) is 0 Å². The van der Waals surface area contributed by atoms with Crippen molar-refractivity contribution >= 4 is 31.9 Å². The lowest BCUT2D eigenvalue weighted by atomic mass is 10.2. The van der Waals surface area contributed by atoms with Crippen molar-refractivity contribution in [2.24, 2.45) is 0 Å². The van der Waals surface area contributed by atoms with E-state index in [0.717, 1.165) is 4.31 Å². The molecule has 0 aliphatic carbocycles. The van der Waals surface area contributed by atoms with Crippen LogP contribution in [0, 0.1) is 5.82 Å². The first-order valence-electron chi connectivity index (χ1n) is 5.87. The Morgan fingerprint density at radius 3 is 2.71 bits per heavy atom. The first-order valence-corrected chi connectivity index (χ1v) is 8.10. The fourth-order valence-electron chi connectivity index (χ4n) is 2.07. The Hall–Kier alpha value is -1.80. The monoisotopic (exact) mass is 370 g/mol. The van der Waals surface area contributed by atoms with Crippen molar-refractivity contribution in [2.45, 2.75) is 11.6 Å². The van der Waals surface area contributed by atoms with Gasteiger partial charge in [0.05, 0.1) is 12.1 Å². The summed E-state index contributed by atoms with van der Waals surface area (Å²) in [5.41, 5.74) is 0.539. The second kappa shape index (κ2) is 4.88. The molecule has 1 aromatic carbocycles. The van der Waals surface area contributed by atoms with E-state index in [9.17, 15) is 17.6 Å². The SMILES string of the molecule is O=C1c2cccnc2S(=O)(=O)N1Cc1ccc(F)cc1Br. The Morgan fingerprint density at radius 1 is 1.29 bits per heavy atom. The number of halogens is 2. The maximum Gasteiger partial charge on any atom is 0.285 e. The third-order valence-electron chi connectivity index (χ3n) is 3.09. The quantitative estimate of drug-likeness (QED) is 0.813. The summed E-state index contributed by atoms with van der Waals surface area (Å²) in [6.45, 7) is -0.182. The molecule has 0 spiro atoms. The summed E-state index contributed by atoms with van der Waals surface area (Å²) in [5, 5.41) is -0.242. The molecule has 0 atom stereocenters. The highest BCUT2D eigenvalue weighted by Crippen LogP contribution is 2.31. The van der Waals surface area contributed by atoms with E-state index >= 15 is 0 Å². The molecular formula is C13H8BrFN2O3S. The molecule has 1 aromatic heterocycles. The molecule has 0 unspecified atom stereocenters. The summed E-state index contributed by atoms with van der Waals surface area (Å²) in [4.78, 5) is 16.0. The molecule has 0 bridgehead atoms.